The first kappa shape index (κ1) is 15.0. The van der Waals surface area contributed by atoms with Gasteiger partial charge in [-0.3, -0.25) is 4.79 Å². The van der Waals surface area contributed by atoms with E-state index in [2.05, 4.69) is 0 Å². The number of benzene rings is 1. The predicted octanol–water partition coefficient (Wildman–Crippen LogP) is 0.939. The SMILES string of the molecule is CSc1c(C(CN)C(=O)O)cccc1S(C)(=O)=O. The van der Waals surface area contributed by atoms with Gasteiger partial charge < -0.3 is 10.8 Å². The maximum absolute atomic E-state index is 11.7. The van der Waals surface area contributed by atoms with Gasteiger partial charge in [0, 0.05) is 17.7 Å². The molecular weight excluding hydrogens is 274 g/mol. The minimum Gasteiger partial charge on any atom is -0.481 e. The summed E-state index contributed by atoms with van der Waals surface area (Å²) in [6, 6.07) is 4.61. The molecule has 5 nitrogen and oxygen atoms in total. The van der Waals surface area contributed by atoms with E-state index in [1.54, 1.807) is 12.3 Å². The van der Waals surface area contributed by atoms with Crippen LogP contribution >= 0.6 is 11.8 Å². The maximum atomic E-state index is 11.7. The first-order chi connectivity index (χ1) is 8.32. The summed E-state index contributed by atoms with van der Waals surface area (Å²) in [6.07, 6.45) is 2.81. The van der Waals surface area contributed by atoms with Crippen molar-refractivity contribution in [3.63, 3.8) is 0 Å². The summed E-state index contributed by atoms with van der Waals surface area (Å²) >= 11 is 1.21. The lowest BCUT2D eigenvalue weighted by Crippen LogP contribution is -2.22. The van der Waals surface area contributed by atoms with Crippen LogP contribution in [0.3, 0.4) is 0 Å². The zero-order valence-corrected chi connectivity index (χ0v) is 11.7. The van der Waals surface area contributed by atoms with Gasteiger partial charge in [-0.25, -0.2) is 8.42 Å². The summed E-state index contributed by atoms with van der Waals surface area (Å²) in [5.41, 5.74) is 5.89. The Balaban J connectivity index is 3.51. The van der Waals surface area contributed by atoms with E-state index in [1.165, 1.54) is 23.9 Å². The molecule has 0 spiro atoms. The van der Waals surface area contributed by atoms with Crippen molar-refractivity contribution in [1.82, 2.24) is 0 Å². The van der Waals surface area contributed by atoms with Gasteiger partial charge in [0.1, 0.15) is 0 Å². The fraction of sp³-hybridized carbons (Fsp3) is 0.364. The molecule has 0 aromatic heterocycles. The molecule has 7 heteroatoms. The minimum atomic E-state index is -3.39. The van der Waals surface area contributed by atoms with E-state index in [0.29, 0.717) is 10.5 Å². The molecule has 0 fully saturated rings. The van der Waals surface area contributed by atoms with Crippen LogP contribution in [-0.4, -0.2) is 38.5 Å². The number of aliphatic carboxylic acids is 1. The molecule has 0 bridgehead atoms. The third-order valence-electron chi connectivity index (χ3n) is 2.52. The summed E-state index contributed by atoms with van der Waals surface area (Å²) in [7, 11) is -3.39. The van der Waals surface area contributed by atoms with Crippen LogP contribution in [0.5, 0.6) is 0 Å². The first-order valence-electron chi connectivity index (χ1n) is 5.12. The number of thioether (sulfide) groups is 1. The number of nitrogens with two attached hydrogens (primary N) is 1. The van der Waals surface area contributed by atoms with Crippen molar-refractivity contribution < 1.29 is 18.3 Å². The van der Waals surface area contributed by atoms with Crippen LogP contribution < -0.4 is 5.73 Å². The summed E-state index contributed by atoms with van der Waals surface area (Å²) in [5, 5.41) is 9.10. The predicted molar refractivity (Wildman–Crippen MR) is 70.8 cm³/mol. The minimum absolute atomic E-state index is 0.0733. The van der Waals surface area contributed by atoms with Crippen LogP contribution in [0.25, 0.3) is 0 Å². The lowest BCUT2D eigenvalue weighted by atomic mass is 9.99. The van der Waals surface area contributed by atoms with Crippen molar-refractivity contribution in [3.8, 4) is 0 Å². The number of carbonyl (C=O) groups is 1. The van der Waals surface area contributed by atoms with Gasteiger partial charge in [-0.05, 0) is 17.9 Å². The first-order valence-corrected chi connectivity index (χ1v) is 8.24. The standard InChI is InChI=1S/C11H15NO4S2/c1-17-10-7(8(6-12)11(13)14)4-3-5-9(10)18(2,15)16/h3-5,8H,6,12H2,1-2H3,(H,13,14). The fourth-order valence-corrected chi connectivity index (χ4v) is 3.88. The molecule has 1 atom stereocenters. The number of sulfone groups is 1. The zero-order valence-electron chi connectivity index (χ0n) is 10.1. The number of hydrogen-bond acceptors (Lipinski definition) is 5. The highest BCUT2D eigenvalue weighted by atomic mass is 32.2. The molecule has 1 rings (SSSR count). The maximum Gasteiger partial charge on any atom is 0.312 e. The van der Waals surface area contributed by atoms with Crippen LogP contribution in [0.4, 0.5) is 0 Å². The van der Waals surface area contributed by atoms with Crippen LogP contribution in [0.15, 0.2) is 28.0 Å². The van der Waals surface area contributed by atoms with Gasteiger partial charge in [0.05, 0.1) is 10.8 Å². The van der Waals surface area contributed by atoms with E-state index in [1.807, 2.05) is 0 Å². The average Bonchev–Trinajstić information content (AvgIpc) is 2.28. The monoisotopic (exact) mass is 289 g/mol. The zero-order chi connectivity index (χ0) is 13.9. The van der Waals surface area contributed by atoms with Crippen LogP contribution in [0.2, 0.25) is 0 Å². The normalized spacial score (nSPS) is 13.3. The molecule has 0 saturated carbocycles. The number of carboxylic acid groups (broad SMARTS) is 1. The van der Waals surface area contributed by atoms with E-state index >= 15 is 0 Å². The Morgan fingerprint density at radius 3 is 2.50 bits per heavy atom. The van der Waals surface area contributed by atoms with E-state index in [4.69, 9.17) is 10.8 Å². The van der Waals surface area contributed by atoms with Crippen LogP contribution in [-0.2, 0) is 14.6 Å². The molecule has 1 aromatic carbocycles. The number of hydrogen-bond donors (Lipinski definition) is 2. The Hall–Kier alpha value is -1.05. The van der Waals surface area contributed by atoms with Crippen molar-refractivity contribution in [2.24, 2.45) is 5.73 Å². The second-order valence-electron chi connectivity index (χ2n) is 3.78. The Labute approximate surface area is 110 Å². The average molecular weight is 289 g/mol. The van der Waals surface area contributed by atoms with E-state index in [9.17, 15) is 13.2 Å². The molecule has 1 unspecified atom stereocenters. The van der Waals surface area contributed by atoms with Crippen molar-refractivity contribution in [3.05, 3.63) is 23.8 Å². The molecule has 0 aliphatic rings. The molecule has 0 heterocycles. The molecule has 18 heavy (non-hydrogen) atoms. The lowest BCUT2D eigenvalue weighted by molar-refractivity contribution is -0.138. The smallest absolute Gasteiger partial charge is 0.312 e. The quantitative estimate of drug-likeness (QED) is 0.783. The molecule has 0 aliphatic heterocycles. The Morgan fingerprint density at radius 2 is 2.11 bits per heavy atom. The second-order valence-corrected chi connectivity index (χ2v) is 6.58. The van der Waals surface area contributed by atoms with Gasteiger partial charge in [-0.1, -0.05) is 12.1 Å². The van der Waals surface area contributed by atoms with Crippen molar-refractivity contribution >= 4 is 27.6 Å². The van der Waals surface area contributed by atoms with Gasteiger partial charge >= 0.3 is 5.97 Å². The molecule has 0 aliphatic carbocycles. The summed E-state index contributed by atoms with van der Waals surface area (Å²) in [5.74, 6) is -1.95. The molecule has 100 valence electrons. The van der Waals surface area contributed by atoms with E-state index in [0.717, 1.165) is 6.26 Å². The van der Waals surface area contributed by atoms with Crippen LogP contribution in [0.1, 0.15) is 11.5 Å². The van der Waals surface area contributed by atoms with E-state index in [-0.39, 0.29) is 11.4 Å². The van der Waals surface area contributed by atoms with Crippen molar-refractivity contribution in [1.29, 1.82) is 0 Å². The summed E-state index contributed by atoms with van der Waals surface area (Å²) < 4.78 is 23.3. The molecule has 1 aromatic rings. The third kappa shape index (κ3) is 3.04. The molecule has 0 radical (unpaired) electrons. The lowest BCUT2D eigenvalue weighted by Gasteiger charge is -2.16. The highest BCUT2D eigenvalue weighted by Gasteiger charge is 2.24. The Morgan fingerprint density at radius 1 is 1.50 bits per heavy atom. The number of rotatable bonds is 5. The van der Waals surface area contributed by atoms with Gasteiger partial charge in [0.25, 0.3) is 0 Å². The molecule has 0 saturated heterocycles. The summed E-state index contributed by atoms with van der Waals surface area (Å²) in [4.78, 5) is 11.7. The third-order valence-corrected chi connectivity index (χ3v) is 4.65. The largest absolute Gasteiger partial charge is 0.481 e. The van der Waals surface area contributed by atoms with Gasteiger partial charge in [-0.2, -0.15) is 0 Å². The van der Waals surface area contributed by atoms with Crippen LogP contribution in [0, 0.1) is 0 Å². The summed E-state index contributed by atoms with van der Waals surface area (Å²) in [6.45, 7) is -0.0733. The van der Waals surface area contributed by atoms with E-state index < -0.39 is 21.7 Å². The highest BCUT2D eigenvalue weighted by Crippen LogP contribution is 2.33. The topological polar surface area (TPSA) is 97.5 Å². The molecule has 3 N–H and O–H groups in total. The second kappa shape index (κ2) is 5.73. The molecule has 0 amide bonds. The highest BCUT2D eigenvalue weighted by molar-refractivity contribution is 7.99. The number of carboxylic acids is 1. The Bertz CT molecular complexity index is 554. The van der Waals surface area contributed by atoms with Gasteiger partial charge in [0.2, 0.25) is 0 Å². The van der Waals surface area contributed by atoms with Crippen molar-refractivity contribution in [2.45, 2.75) is 15.7 Å². The molecular formula is C11H15NO4S2. The Kier molecular flexibility index (Phi) is 4.78. The fourth-order valence-electron chi connectivity index (χ4n) is 1.68. The van der Waals surface area contributed by atoms with Gasteiger partial charge in [-0.15, -0.1) is 11.8 Å². The van der Waals surface area contributed by atoms with Crippen molar-refractivity contribution in [2.75, 3.05) is 19.1 Å². The van der Waals surface area contributed by atoms with Gasteiger partial charge in [0.15, 0.2) is 9.84 Å².